The van der Waals surface area contributed by atoms with Gasteiger partial charge >= 0.3 is 0 Å². The van der Waals surface area contributed by atoms with Crippen molar-refractivity contribution < 1.29 is 19.2 Å². The molecule has 0 aromatic heterocycles. The van der Waals surface area contributed by atoms with Crippen LogP contribution >= 0.6 is 0 Å². The lowest BCUT2D eigenvalue weighted by molar-refractivity contribution is -0.941. The molecule has 0 heterocycles. The Bertz CT molecular complexity index is 506. The average Bonchev–Trinajstić information content (AvgIpc) is 2.80. The summed E-state index contributed by atoms with van der Waals surface area (Å²) >= 11 is 0. The second kappa shape index (κ2) is 16.6. The molecule has 4 nitrogen and oxygen atoms in total. The summed E-state index contributed by atoms with van der Waals surface area (Å²) in [5.41, 5.74) is 2.77. The number of quaternary nitrogens is 2. The summed E-state index contributed by atoms with van der Waals surface area (Å²) in [5, 5.41) is 19.6. The Labute approximate surface area is 199 Å². The Morgan fingerprint density at radius 2 is 0.781 bits per heavy atom. The summed E-state index contributed by atoms with van der Waals surface area (Å²) in [4.78, 5) is 0. The van der Waals surface area contributed by atoms with Crippen LogP contribution in [0.4, 0.5) is 0 Å². The normalized spacial score (nSPS) is 12.4. The van der Waals surface area contributed by atoms with E-state index in [1.165, 1.54) is 62.5 Å². The van der Waals surface area contributed by atoms with Gasteiger partial charge in [0.25, 0.3) is 0 Å². The molecule has 2 N–H and O–H groups in total. The van der Waals surface area contributed by atoms with E-state index in [0.29, 0.717) is 0 Å². The molecule has 0 aliphatic carbocycles. The van der Waals surface area contributed by atoms with Gasteiger partial charge in [-0.25, -0.2) is 0 Å². The molecule has 32 heavy (non-hydrogen) atoms. The van der Waals surface area contributed by atoms with E-state index in [9.17, 15) is 10.2 Å². The summed E-state index contributed by atoms with van der Waals surface area (Å²) in [5.74, 6) is 0. The van der Waals surface area contributed by atoms with Gasteiger partial charge in [0.2, 0.25) is 0 Å². The third-order valence-corrected chi connectivity index (χ3v) is 7.15. The second-order valence-electron chi connectivity index (χ2n) is 10.0. The fourth-order valence-corrected chi connectivity index (χ4v) is 5.07. The van der Waals surface area contributed by atoms with Crippen LogP contribution in [0.3, 0.4) is 0 Å². The zero-order chi connectivity index (χ0) is 23.7. The first-order valence-corrected chi connectivity index (χ1v) is 13.5. The van der Waals surface area contributed by atoms with Crippen LogP contribution in [-0.4, -0.2) is 71.7 Å². The van der Waals surface area contributed by atoms with Crippen molar-refractivity contribution in [2.75, 3.05) is 52.5 Å². The molecule has 1 aromatic carbocycles. The van der Waals surface area contributed by atoms with Crippen LogP contribution in [-0.2, 0) is 13.1 Å². The number of aliphatic hydroxyl groups excluding tert-OH is 2. The fourth-order valence-electron chi connectivity index (χ4n) is 5.07. The van der Waals surface area contributed by atoms with E-state index in [4.69, 9.17) is 0 Å². The molecule has 0 spiro atoms. The summed E-state index contributed by atoms with van der Waals surface area (Å²) in [6.45, 7) is 17.9. The number of aliphatic hydroxyl groups is 2. The summed E-state index contributed by atoms with van der Waals surface area (Å²) < 4.78 is 2.02. The molecule has 0 aliphatic rings. The maximum absolute atomic E-state index is 9.80. The predicted molar refractivity (Wildman–Crippen MR) is 137 cm³/mol. The van der Waals surface area contributed by atoms with Crippen LogP contribution in [0.15, 0.2) is 24.3 Å². The largest absolute Gasteiger partial charge is 0.391 e. The molecular weight excluding hydrogens is 396 g/mol. The highest BCUT2D eigenvalue weighted by Gasteiger charge is 2.28. The van der Waals surface area contributed by atoms with Gasteiger partial charge in [-0.3, -0.25) is 0 Å². The van der Waals surface area contributed by atoms with Gasteiger partial charge < -0.3 is 19.2 Å². The van der Waals surface area contributed by atoms with E-state index in [0.717, 1.165) is 61.3 Å². The first kappa shape index (κ1) is 29.1. The van der Waals surface area contributed by atoms with Crippen LogP contribution in [0.2, 0.25) is 0 Å². The van der Waals surface area contributed by atoms with Crippen LogP contribution in [0.25, 0.3) is 0 Å². The third-order valence-electron chi connectivity index (χ3n) is 7.15. The molecular formula is C28H54N2O2+2. The Kier molecular flexibility index (Phi) is 15.1. The molecule has 1 rings (SSSR count). The highest BCUT2D eigenvalue weighted by molar-refractivity contribution is 5.21. The first-order valence-electron chi connectivity index (χ1n) is 13.5. The number of hydrogen-bond donors (Lipinski definition) is 2. The van der Waals surface area contributed by atoms with Gasteiger partial charge in [-0.2, -0.15) is 0 Å². The van der Waals surface area contributed by atoms with Gasteiger partial charge in [-0.1, -0.05) is 77.6 Å². The van der Waals surface area contributed by atoms with Crippen molar-refractivity contribution in [2.24, 2.45) is 0 Å². The number of unbranched alkanes of at least 4 members (excludes halogenated alkanes) is 4. The number of hydrogen-bond acceptors (Lipinski definition) is 2. The maximum atomic E-state index is 9.80. The molecule has 0 amide bonds. The summed E-state index contributed by atoms with van der Waals surface area (Å²) in [6.07, 6.45) is 9.70. The lowest BCUT2D eigenvalue weighted by atomic mass is 10.1. The van der Waals surface area contributed by atoms with E-state index in [1.807, 2.05) is 0 Å². The van der Waals surface area contributed by atoms with Gasteiger partial charge in [0.1, 0.15) is 26.2 Å². The number of rotatable bonds is 20. The van der Waals surface area contributed by atoms with Crippen LogP contribution in [0.1, 0.15) is 90.2 Å². The van der Waals surface area contributed by atoms with E-state index in [1.54, 1.807) is 0 Å². The summed E-state index contributed by atoms with van der Waals surface area (Å²) in [7, 11) is 0. The number of nitrogens with zero attached hydrogens (tertiary/aromatic N) is 2. The molecule has 0 radical (unpaired) electrons. The zero-order valence-corrected chi connectivity index (χ0v) is 21.8. The van der Waals surface area contributed by atoms with Gasteiger partial charge in [0, 0.05) is 11.1 Å². The van der Waals surface area contributed by atoms with E-state index in [2.05, 4.69) is 52.0 Å². The molecule has 1 aromatic rings. The minimum Gasteiger partial charge on any atom is -0.391 e. The second-order valence-corrected chi connectivity index (χ2v) is 10.0. The lowest BCUT2D eigenvalue weighted by Gasteiger charge is -2.39. The third kappa shape index (κ3) is 10.3. The van der Waals surface area contributed by atoms with Crippen molar-refractivity contribution in [3.05, 3.63) is 35.4 Å². The molecule has 4 heteroatoms. The van der Waals surface area contributed by atoms with E-state index >= 15 is 0 Å². The van der Waals surface area contributed by atoms with Crippen LogP contribution in [0, 0.1) is 0 Å². The molecule has 0 unspecified atom stereocenters. The Morgan fingerprint density at radius 1 is 0.500 bits per heavy atom. The van der Waals surface area contributed by atoms with E-state index < -0.39 is 0 Å². The van der Waals surface area contributed by atoms with Gasteiger partial charge in [-0.05, 0) is 25.7 Å². The standard InChI is InChI=1S/C28H54N2O2/c1-5-9-17-29(21-23-31,18-10-6-2)25-27-13-15-28(16-14-27)26-30(22-24-32,19-11-7-3)20-12-8-4/h13-16,31-32H,5-12,17-26H2,1-4H3/q+2. The first-order chi connectivity index (χ1) is 15.5. The van der Waals surface area contributed by atoms with Crippen molar-refractivity contribution in [3.63, 3.8) is 0 Å². The minimum atomic E-state index is 0.265. The highest BCUT2D eigenvalue weighted by atomic mass is 16.3. The Balaban J connectivity index is 3.01. The Hall–Kier alpha value is -0.940. The highest BCUT2D eigenvalue weighted by Crippen LogP contribution is 2.22. The van der Waals surface area contributed by atoms with Crippen molar-refractivity contribution in [3.8, 4) is 0 Å². The Morgan fingerprint density at radius 3 is 1.00 bits per heavy atom. The average molecular weight is 451 g/mol. The molecule has 0 saturated heterocycles. The molecule has 0 saturated carbocycles. The summed E-state index contributed by atoms with van der Waals surface area (Å²) in [6, 6.07) is 9.30. The predicted octanol–water partition coefficient (Wildman–Crippen LogP) is 5.51. The topological polar surface area (TPSA) is 40.5 Å². The van der Waals surface area contributed by atoms with Crippen molar-refractivity contribution in [1.82, 2.24) is 0 Å². The lowest BCUT2D eigenvalue weighted by Crippen LogP contribution is -2.50. The zero-order valence-electron chi connectivity index (χ0n) is 21.8. The number of benzene rings is 1. The van der Waals surface area contributed by atoms with Gasteiger partial charge in [0.15, 0.2) is 0 Å². The van der Waals surface area contributed by atoms with Crippen molar-refractivity contribution in [2.45, 2.75) is 92.2 Å². The fraction of sp³-hybridized carbons (Fsp3) is 0.786. The van der Waals surface area contributed by atoms with Gasteiger partial charge in [-0.15, -0.1) is 0 Å². The van der Waals surface area contributed by atoms with Crippen LogP contribution in [0.5, 0.6) is 0 Å². The van der Waals surface area contributed by atoms with Crippen molar-refractivity contribution in [1.29, 1.82) is 0 Å². The molecule has 0 aliphatic heterocycles. The molecule has 186 valence electrons. The minimum absolute atomic E-state index is 0.265. The monoisotopic (exact) mass is 450 g/mol. The molecule has 0 fully saturated rings. The smallest absolute Gasteiger partial charge is 0.104 e. The maximum Gasteiger partial charge on any atom is 0.104 e. The quantitative estimate of drug-likeness (QED) is 0.257. The molecule has 0 bridgehead atoms. The molecule has 0 atom stereocenters. The van der Waals surface area contributed by atoms with Crippen LogP contribution < -0.4 is 0 Å². The SMILES string of the molecule is CCCC[N+](CCO)(CCCC)Cc1ccc(C[N+](CCO)(CCCC)CCCC)cc1. The van der Waals surface area contributed by atoms with Gasteiger partial charge in [0.05, 0.1) is 39.4 Å². The van der Waals surface area contributed by atoms with Crippen molar-refractivity contribution >= 4 is 0 Å². The van der Waals surface area contributed by atoms with E-state index in [-0.39, 0.29) is 13.2 Å².